The first-order valence-corrected chi connectivity index (χ1v) is 7.68. The Morgan fingerprint density at radius 2 is 2.10 bits per heavy atom. The van der Waals surface area contributed by atoms with Crippen molar-refractivity contribution in [1.29, 1.82) is 0 Å². The highest BCUT2D eigenvalue weighted by Crippen LogP contribution is 2.48. The number of hydrogen-bond donors (Lipinski definition) is 0. The minimum atomic E-state index is 0.0727. The Hall–Kier alpha value is -1.13. The lowest BCUT2D eigenvalue weighted by Gasteiger charge is -2.29. The topological polar surface area (TPSA) is 18.5 Å². The quantitative estimate of drug-likeness (QED) is 0.611. The van der Waals surface area contributed by atoms with E-state index in [2.05, 4.69) is 22.0 Å². The Labute approximate surface area is 132 Å². The Balaban J connectivity index is 2.23. The maximum atomic E-state index is 6.23. The molecule has 0 amide bonds. The molecule has 0 radical (unpaired) electrons. The van der Waals surface area contributed by atoms with Crippen LogP contribution in [0.3, 0.4) is 0 Å². The van der Waals surface area contributed by atoms with Gasteiger partial charge in [-0.2, -0.15) is 0 Å². The third-order valence-corrected chi connectivity index (χ3v) is 4.34. The molecule has 1 heterocycles. The molecule has 102 valence electrons. The number of halogens is 2. The van der Waals surface area contributed by atoms with Crippen LogP contribution in [0.15, 0.2) is 34.8 Å². The minimum absolute atomic E-state index is 0.0727. The van der Waals surface area contributed by atoms with Gasteiger partial charge in [-0.25, -0.2) is 0 Å². The van der Waals surface area contributed by atoms with Crippen LogP contribution in [0.5, 0.6) is 17.2 Å². The standard InChI is InChI=1S/C15H13BBrClO2/c1-19-13-4-8(16)5-14-15(13)11(7-18)10-6-9(17)2-3-12(10)20-14/h2-6,11H,7,16H2,1H3. The molecular weight excluding hydrogens is 338 g/mol. The normalized spacial score (nSPS) is 16.1. The maximum absolute atomic E-state index is 6.23. The summed E-state index contributed by atoms with van der Waals surface area (Å²) >= 11 is 9.73. The number of hydrogen-bond acceptors (Lipinski definition) is 2. The average Bonchev–Trinajstić information content (AvgIpc) is 2.44. The second-order valence-electron chi connectivity index (χ2n) is 4.87. The third-order valence-electron chi connectivity index (χ3n) is 3.54. The van der Waals surface area contributed by atoms with E-state index in [0.29, 0.717) is 5.88 Å². The fourth-order valence-electron chi connectivity index (χ4n) is 2.65. The van der Waals surface area contributed by atoms with Gasteiger partial charge in [0.15, 0.2) is 0 Å². The van der Waals surface area contributed by atoms with E-state index in [0.717, 1.165) is 38.3 Å². The molecule has 0 saturated heterocycles. The smallest absolute Gasteiger partial charge is 0.139 e. The van der Waals surface area contributed by atoms with Gasteiger partial charge in [0.25, 0.3) is 0 Å². The first kappa shape index (κ1) is 13.8. The summed E-state index contributed by atoms with van der Waals surface area (Å²) in [5, 5.41) is 0. The Bertz CT molecular complexity index is 675. The van der Waals surface area contributed by atoms with Crippen molar-refractivity contribution in [3.8, 4) is 17.2 Å². The molecule has 20 heavy (non-hydrogen) atoms. The summed E-state index contributed by atoms with van der Waals surface area (Å²) in [4.78, 5) is 0. The van der Waals surface area contributed by atoms with Gasteiger partial charge in [-0.05, 0) is 30.3 Å². The van der Waals surface area contributed by atoms with Gasteiger partial charge in [0.2, 0.25) is 0 Å². The molecule has 0 aliphatic carbocycles. The summed E-state index contributed by atoms with van der Waals surface area (Å²) in [6.45, 7) is 0. The Morgan fingerprint density at radius 3 is 2.80 bits per heavy atom. The van der Waals surface area contributed by atoms with Crippen molar-refractivity contribution in [3.05, 3.63) is 45.9 Å². The van der Waals surface area contributed by atoms with Crippen molar-refractivity contribution in [2.75, 3.05) is 13.0 Å². The number of rotatable bonds is 2. The van der Waals surface area contributed by atoms with Crippen LogP contribution in [-0.4, -0.2) is 20.8 Å². The summed E-state index contributed by atoms with van der Waals surface area (Å²) in [7, 11) is 3.70. The first-order valence-electron chi connectivity index (χ1n) is 6.36. The van der Waals surface area contributed by atoms with Gasteiger partial charge >= 0.3 is 0 Å². The maximum Gasteiger partial charge on any atom is 0.139 e. The first-order chi connectivity index (χ1) is 9.63. The van der Waals surface area contributed by atoms with Crippen LogP contribution in [0.4, 0.5) is 0 Å². The van der Waals surface area contributed by atoms with E-state index in [1.165, 1.54) is 0 Å². The van der Waals surface area contributed by atoms with Gasteiger partial charge < -0.3 is 9.47 Å². The molecule has 0 fully saturated rings. The highest BCUT2D eigenvalue weighted by Gasteiger charge is 2.30. The zero-order chi connectivity index (χ0) is 14.3. The lowest BCUT2D eigenvalue weighted by atomic mass is 9.85. The fraction of sp³-hybridized carbons (Fsp3) is 0.200. The fourth-order valence-corrected chi connectivity index (χ4v) is 3.35. The van der Waals surface area contributed by atoms with Crippen molar-refractivity contribution in [2.24, 2.45) is 0 Å². The van der Waals surface area contributed by atoms with E-state index < -0.39 is 0 Å². The van der Waals surface area contributed by atoms with E-state index in [1.807, 2.05) is 32.1 Å². The Morgan fingerprint density at radius 1 is 1.30 bits per heavy atom. The molecule has 1 aliphatic rings. The van der Waals surface area contributed by atoms with Crippen LogP contribution >= 0.6 is 27.5 Å². The lowest BCUT2D eigenvalue weighted by Crippen LogP contribution is -2.16. The number of fused-ring (bicyclic) bond motifs is 2. The largest absolute Gasteiger partial charge is 0.496 e. The zero-order valence-electron chi connectivity index (χ0n) is 11.2. The highest BCUT2D eigenvalue weighted by atomic mass is 79.9. The van der Waals surface area contributed by atoms with Gasteiger partial charge in [0.1, 0.15) is 25.1 Å². The molecule has 1 atom stereocenters. The molecule has 0 saturated carbocycles. The van der Waals surface area contributed by atoms with Crippen LogP contribution in [0.25, 0.3) is 0 Å². The molecule has 0 bridgehead atoms. The third kappa shape index (κ3) is 2.21. The molecule has 2 aromatic rings. The summed E-state index contributed by atoms with van der Waals surface area (Å²) in [6.07, 6.45) is 0. The summed E-state index contributed by atoms with van der Waals surface area (Å²) in [5.74, 6) is 3.08. The van der Waals surface area contributed by atoms with Crippen LogP contribution in [0.1, 0.15) is 17.0 Å². The number of ether oxygens (including phenoxy) is 2. The SMILES string of the molecule is Bc1cc(OC)c2c(c1)Oc1ccc(Br)cc1C2CCl. The second-order valence-corrected chi connectivity index (χ2v) is 6.09. The monoisotopic (exact) mass is 350 g/mol. The predicted octanol–water partition coefficient (Wildman–Crippen LogP) is 3.19. The predicted molar refractivity (Wildman–Crippen MR) is 88.0 cm³/mol. The number of benzene rings is 2. The Kier molecular flexibility index (Phi) is 3.69. The van der Waals surface area contributed by atoms with Crippen molar-refractivity contribution < 1.29 is 9.47 Å². The second kappa shape index (κ2) is 5.34. The van der Waals surface area contributed by atoms with Gasteiger partial charge in [-0.15, -0.1) is 11.6 Å². The van der Waals surface area contributed by atoms with Gasteiger partial charge in [0, 0.05) is 27.4 Å². The van der Waals surface area contributed by atoms with Crippen LogP contribution < -0.4 is 14.9 Å². The van der Waals surface area contributed by atoms with E-state index in [1.54, 1.807) is 7.11 Å². The molecule has 3 rings (SSSR count). The molecule has 2 nitrogen and oxygen atoms in total. The molecule has 1 aliphatic heterocycles. The zero-order valence-corrected chi connectivity index (χ0v) is 13.6. The summed E-state index contributed by atoms with van der Waals surface area (Å²) in [5.41, 5.74) is 3.22. The molecule has 1 unspecified atom stereocenters. The van der Waals surface area contributed by atoms with Gasteiger partial charge in [0.05, 0.1) is 7.11 Å². The van der Waals surface area contributed by atoms with E-state index >= 15 is 0 Å². The molecular formula is C15H13BBrClO2. The average molecular weight is 351 g/mol. The highest BCUT2D eigenvalue weighted by molar-refractivity contribution is 9.10. The van der Waals surface area contributed by atoms with E-state index in [9.17, 15) is 0 Å². The van der Waals surface area contributed by atoms with Crippen LogP contribution in [-0.2, 0) is 0 Å². The molecule has 5 heteroatoms. The van der Waals surface area contributed by atoms with Crippen LogP contribution in [0, 0.1) is 0 Å². The van der Waals surface area contributed by atoms with Gasteiger partial charge in [-0.1, -0.05) is 21.4 Å². The molecule has 0 spiro atoms. The molecule has 0 aromatic heterocycles. The summed E-state index contributed by atoms with van der Waals surface area (Å²) < 4.78 is 12.6. The number of methoxy groups -OCH3 is 1. The number of alkyl halides is 1. The van der Waals surface area contributed by atoms with Crippen molar-refractivity contribution >= 4 is 40.8 Å². The van der Waals surface area contributed by atoms with Crippen molar-refractivity contribution in [1.82, 2.24) is 0 Å². The van der Waals surface area contributed by atoms with Gasteiger partial charge in [-0.3, -0.25) is 0 Å². The van der Waals surface area contributed by atoms with E-state index in [-0.39, 0.29) is 5.92 Å². The minimum Gasteiger partial charge on any atom is -0.496 e. The summed E-state index contributed by atoms with van der Waals surface area (Å²) in [6, 6.07) is 10.1. The molecule has 2 aromatic carbocycles. The van der Waals surface area contributed by atoms with Crippen molar-refractivity contribution in [3.63, 3.8) is 0 Å². The van der Waals surface area contributed by atoms with E-state index in [4.69, 9.17) is 21.1 Å². The van der Waals surface area contributed by atoms with Crippen LogP contribution in [0.2, 0.25) is 0 Å². The lowest BCUT2D eigenvalue weighted by molar-refractivity contribution is 0.392. The van der Waals surface area contributed by atoms with Crippen molar-refractivity contribution in [2.45, 2.75) is 5.92 Å². The molecule has 0 N–H and O–H groups in total.